The van der Waals surface area contributed by atoms with Crippen LogP contribution in [0.25, 0.3) is 0 Å². The van der Waals surface area contributed by atoms with Gasteiger partial charge in [0, 0.05) is 6.07 Å². The number of halogens is 1. The van der Waals surface area contributed by atoms with Crippen LogP contribution in [0.4, 0.5) is 0 Å². The molecule has 20 heavy (non-hydrogen) atoms. The summed E-state index contributed by atoms with van der Waals surface area (Å²) in [7, 11) is 0. The second kappa shape index (κ2) is 6.68. The number of hydrogen-bond donors (Lipinski definition) is 0. The van der Waals surface area contributed by atoms with Crippen LogP contribution in [0, 0.1) is 0 Å². The van der Waals surface area contributed by atoms with Crippen LogP contribution in [0.15, 0.2) is 12.1 Å². The van der Waals surface area contributed by atoms with Crippen molar-refractivity contribution in [3.05, 3.63) is 22.7 Å². The van der Waals surface area contributed by atoms with E-state index >= 15 is 0 Å². The Hall–Kier alpha value is -0.930. The Morgan fingerprint density at radius 2 is 1.80 bits per heavy atom. The van der Waals surface area contributed by atoms with Crippen molar-refractivity contribution in [1.29, 1.82) is 0 Å². The van der Waals surface area contributed by atoms with Crippen LogP contribution in [-0.2, 0) is 4.74 Å². The SMILES string of the molecule is CCOc1cc(OCC)c(C(C)CC2OC2C)cc1Cl. The molecule has 0 saturated carbocycles. The Morgan fingerprint density at radius 1 is 1.20 bits per heavy atom. The lowest BCUT2D eigenvalue weighted by Crippen LogP contribution is -2.05. The smallest absolute Gasteiger partial charge is 0.141 e. The van der Waals surface area contributed by atoms with Gasteiger partial charge in [0.25, 0.3) is 0 Å². The molecule has 0 amide bonds. The minimum Gasteiger partial charge on any atom is -0.493 e. The van der Waals surface area contributed by atoms with Gasteiger partial charge in [-0.3, -0.25) is 0 Å². The van der Waals surface area contributed by atoms with Gasteiger partial charge < -0.3 is 14.2 Å². The lowest BCUT2D eigenvalue weighted by molar-refractivity contribution is 0.317. The predicted molar refractivity (Wildman–Crippen MR) is 81.2 cm³/mol. The van der Waals surface area contributed by atoms with Crippen molar-refractivity contribution < 1.29 is 14.2 Å². The van der Waals surface area contributed by atoms with Crippen molar-refractivity contribution in [1.82, 2.24) is 0 Å². The van der Waals surface area contributed by atoms with Gasteiger partial charge in [0.15, 0.2) is 0 Å². The van der Waals surface area contributed by atoms with Crippen LogP contribution in [-0.4, -0.2) is 25.4 Å². The van der Waals surface area contributed by atoms with E-state index in [1.165, 1.54) is 0 Å². The second-order valence-corrected chi connectivity index (χ2v) is 5.61. The Labute approximate surface area is 126 Å². The molecule has 2 rings (SSSR count). The molecule has 0 aromatic heterocycles. The maximum atomic E-state index is 6.29. The van der Waals surface area contributed by atoms with Gasteiger partial charge >= 0.3 is 0 Å². The van der Waals surface area contributed by atoms with Crippen molar-refractivity contribution in [2.24, 2.45) is 0 Å². The summed E-state index contributed by atoms with van der Waals surface area (Å²) in [6.07, 6.45) is 1.74. The lowest BCUT2D eigenvalue weighted by atomic mass is 9.94. The fourth-order valence-electron chi connectivity index (χ4n) is 2.43. The molecule has 112 valence electrons. The van der Waals surface area contributed by atoms with Crippen molar-refractivity contribution in [3.8, 4) is 11.5 Å². The van der Waals surface area contributed by atoms with Gasteiger partial charge in [0.05, 0.1) is 30.4 Å². The van der Waals surface area contributed by atoms with E-state index in [2.05, 4.69) is 13.8 Å². The first-order valence-corrected chi connectivity index (χ1v) is 7.69. The molecule has 1 aliphatic rings. The van der Waals surface area contributed by atoms with E-state index in [4.69, 9.17) is 25.8 Å². The van der Waals surface area contributed by atoms with Crippen LogP contribution in [0.2, 0.25) is 5.02 Å². The van der Waals surface area contributed by atoms with Gasteiger partial charge in [-0.1, -0.05) is 18.5 Å². The zero-order valence-electron chi connectivity index (χ0n) is 12.6. The fraction of sp³-hybridized carbons (Fsp3) is 0.625. The first kappa shape index (κ1) is 15.5. The molecule has 1 aliphatic heterocycles. The van der Waals surface area contributed by atoms with Gasteiger partial charge in [0.2, 0.25) is 0 Å². The van der Waals surface area contributed by atoms with Gasteiger partial charge in [-0.15, -0.1) is 0 Å². The minimum absolute atomic E-state index is 0.347. The van der Waals surface area contributed by atoms with Gasteiger partial charge in [-0.2, -0.15) is 0 Å². The first-order valence-electron chi connectivity index (χ1n) is 7.31. The van der Waals surface area contributed by atoms with Gasteiger partial charge in [0.1, 0.15) is 11.5 Å². The minimum atomic E-state index is 0.347. The van der Waals surface area contributed by atoms with Gasteiger partial charge in [-0.05, 0) is 44.7 Å². The topological polar surface area (TPSA) is 31.0 Å². The van der Waals surface area contributed by atoms with Crippen molar-refractivity contribution >= 4 is 11.6 Å². The average molecular weight is 299 g/mol. The summed E-state index contributed by atoms with van der Waals surface area (Å²) in [6, 6.07) is 3.87. The molecule has 3 atom stereocenters. The zero-order chi connectivity index (χ0) is 14.7. The molecule has 1 saturated heterocycles. The Bertz CT molecular complexity index is 461. The highest BCUT2D eigenvalue weighted by molar-refractivity contribution is 6.32. The molecule has 1 aromatic carbocycles. The van der Waals surface area contributed by atoms with Crippen LogP contribution >= 0.6 is 11.6 Å². The largest absolute Gasteiger partial charge is 0.493 e. The summed E-state index contributed by atoms with van der Waals surface area (Å²) in [5.41, 5.74) is 1.13. The molecule has 1 fully saturated rings. The lowest BCUT2D eigenvalue weighted by Gasteiger charge is -2.18. The number of hydrogen-bond acceptors (Lipinski definition) is 3. The summed E-state index contributed by atoms with van der Waals surface area (Å²) in [6.45, 7) is 9.43. The normalized spacial score (nSPS) is 22.4. The molecule has 0 bridgehead atoms. The summed E-state index contributed by atoms with van der Waals surface area (Å²) in [5.74, 6) is 1.89. The highest BCUT2D eigenvalue weighted by Gasteiger charge is 2.35. The van der Waals surface area contributed by atoms with Crippen molar-refractivity contribution in [3.63, 3.8) is 0 Å². The van der Waals surface area contributed by atoms with Crippen LogP contribution in [0.5, 0.6) is 11.5 Å². The fourth-order valence-corrected chi connectivity index (χ4v) is 2.66. The molecule has 1 aromatic rings. The van der Waals surface area contributed by atoms with Gasteiger partial charge in [-0.25, -0.2) is 0 Å². The molecular weight excluding hydrogens is 276 g/mol. The highest BCUT2D eigenvalue weighted by Crippen LogP contribution is 2.40. The number of ether oxygens (including phenoxy) is 3. The van der Waals surface area contributed by atoms with E-state index < -0.39 is 0 Å². The molecule has 0 aliphatic carbocycles. The van der Waals surface area contributed by atoms with E-state index in [1.54, 1.807) is 0 Å². The third-order valence-corrected chi connectivity index (χ3v) is 3.91. The Kier molecular flexibility index (Phi) is 5.17. The molecule has 0 N–H and O–H groups in total. The van der Waals surface area contributed by atoms with E-state index in [0.717, 1.165) is 17.7 Å². The van der Waals surface area contributed by atoms with Crippen molar-refractivity contribution in [2.75, 3.05) is 13.2 Å². The molecule has 3 unspecified atom stereocenters. The third-order valence-electron chi connectivity index (χ3n) is 3.62. The molecule has 0 radical (unpaired) electrons. The van der Waals surface area contributed by atoms with E-state index in [0.29, 0.717) is 42.1 Å². The second-order valence-electron chi connectivity index (χ2n) is 5.20. The molecular formula is C16H23ClO3. The van der Waals surface area contributed by atoms with Crippen LogP contribution < -0.4 is 9.47 Å². The number of benzene rings is 1. The molecule has 4 heteroatoms. The highest BCUT2D eigenvalue weighted by atomic mass is 35.5. The summed E-state index contributed by atoms with van der Waals surface area (Å²) in [4.78, 5) is 0. The van der Waals surface area contributed by atoms with Crippen LogP contribution in [0.3, 0.4) is 0 Å². The van der Waals surface area contributed by atoms with E-state index in [1.807, 2.05) is 26.0 Å². The molecule has 1 heterocycles. The third kappa shape index (κ3) is 3.58. The maximum Gasteiger partial charge on any atom is 0.141 e. The summed E-state index contributed by atoms with van der Waals surface area (Å²) < 4.78 is 16.8. The standard InChI is InChI=1S/C16H23ClO3/c1-5-18-15-9-16(19-6-2)13(17)8-12(15)10(3)7-14-11(4)20-14/h8-11,14H,5-7H2,1-4H3. The quantitative estimate of drug-likeness (QED) is 0.698. The Balaban J connectivity index is 2.22. The molecule has 3 nitrogen and oxygen atoms in total. The van der Waals surface area contributed by atoms with E-state index in [-0.39, 0.29) is 0 Å². The predicted octanol–water partition coefficient (Wildman–Crippen LogP) is 4.42. The number of rotatable bonds is 7. The van der Waals surface area contributed by atoms with E-state index in [9.17, 15) is 0 Å². The summed E-state index contributed by atoms with van der Waals surface area (Å²) in [5, 5.41) is 0.641. The summed E-state index contributed by atoms with van der Waals surface area (Å²) >= 11 is 6.29. The zero-order valence-corrected chi connectivity index (χ0v) is 13.4. The molecule has 0 spiro atoms. The Morgan fingerprint density at radius 3 is 2.35 bits per heavy atom. The number of epoxide rings is 1. The average Bonchev–Trinajstić information content (AvgIpc) is 3.09. The van der Waals surface area contributed by atoms with Crippen molar-refractivity contribution in [2.45, 2.75) is 52.2 Å². The van der Waals surface area contributed by atoms with Crippen LogP contribution in [0.1, 0.15) is 45.6 Å². The monoisotopic (exact) mass is 298 g/mol. The maximum absolute atomic E-state index is 6.29. The first-order chi connectivity index (χ1) is 9.56.